The molecule has 0 aliphatic heterocycles. The Hall–Kier alpha value is 1.54. The maximum absolute atomic E-state index is 7.17. The van der Waals surface area contributed by atoms with Crippen LogP contribution in [0.1, 0.15) is 1.43 Å². The van der Waals surface area contributed by atoms with Gasteiger partial charge in [-0.3, -0.25) is 0 Å². The fraction of sp³-hybridized carbons (Fsp3) is 0. The van der Waals surface area contributed by atoms with Gasteiger partial charge < -0.3 is 22.0 Å². The Morgan fingerprint density at radius 3 is 1.17 bits per heavy atom. The van der Waals surface area contributed by atoms with Crippen LogP contribution in [0.2, 0.25) is 0 Å². The van der Waals surface area contributed by atoms with Gasteiger partial charge in [-0.15, -0.1) is 0 Å². The Bertz CT molecular complexity index is 16.4. The van der Waals surface area contributed by atoms with E-state index in [-0.39, 0.29) is 58.3 Å². The van der Waals surface area contributed by atoms with Crippen molar-refractivity contribution in [3.63, 3.8) is 0 Å². The van der Waals surface area contributed by atoms with E-state index in [4.69, 9.17) is 15.1 Å². The minimum atomic E-state index is -2.17. The van der Waals surface area contributed by atoms with Gasteiger partial charge >= 0.3 is 58.7 Å². The quantitative estimate of drug-likeness (QED) is 0.278. The normalized spacial score (nSPS) is 4.50. The molecule has 5 N–H and O–H groups in total. The van der Waals surface area contributed by atoms with Crippen LogP contribution in [0.5, 0.6) is 0 Å². The van der Waals surface area contributed by atoms with Crippen molar-refractivity contribution in [1.29, 1.82) is 0 Å². The minimum absolute atomic E-state index is 0. The van der Waals surface area contributed by atoms with Crippen LogP contribution in [-0.4, -0.2) is 27.9 Å². The van der Waals surface area contributed by atoms with E-state index in [2.05, 4.69) is 0 Å². The standard InChI is InChI=1S/BH3O3.K.H2O.H/c2-1(3)4;;;/h2-4H;;1H2;/q;+1;;-1. The molecule has 0 bridgehead atoms. The summed E-state index contributed by atoms with van der Waals surface area (Å²) in [6, 6.07) is 0. The predicted molar refractivity (Wildman–Crippen MR) is 17.1 cm³/mol. The van der Waals surface area contributed by atoms with E-state index in [0.717, 1.165) is 0 Å². The summed E-state index contributed by atoms with van der Waals surface area (Å²) in [5.74, 6) is 0. The van der Waals surface area contributed by atoms with Crippen molar-refractivity contribution >= 4 is 7.32 Å². The molecule has 0 spiro atoms. The molecule has 6 heteroatoms. The molecule has 0 aromatic rings. The van der Waals surface area contributed by atoms with Gasteiger partial charge in [0.1, 0.15) is 0 Å². The van der Waals surface area contributed by atoms with E-state index in [1.807, 2.05) is 0 Å². The van der Waals surface area contributed by atoms with Crippen LogP contribution >= 0.6 is 0 Å². The molecule has 0 heterocycles. The zero-order chi connectivity index (χ0) is 3.58. The zero-order valence-electron chi connectivity index (χ0n) is 4.42. The summed E-state index contributed by atoms with van der Waals surface area (Å²) in [5.41, 5.74) is 0. The second-order valence-electron chi connectivity index (χ2n) is 0.346. The first-order chi connectivity index (χ1) is 1.73. The average Bonchev–Trinajstić information content (AvgIpc) is 0.811. The average molecular weight is 120 g/mol. The Kier molecular flexibility index (Phi) is 25.4. The second-order valence-corrected chi connectivity index (χ2v) is 0.346. The molecule has 0 atom stereocenters. The van der Waals surface area contributed by atoms with Crippen LogP contribution < -0.4 is 51.4 Å². The Balaban J connectivity index is -0.0000000150. The number of hydrogen-bond donors (Lipinski definition) is 3. The van der Waals surface area contributed by atoms with E-state index in [1.165, 1.54) is 0 Å². The van der Waals surface area contributed by atoms with Crippen molar-refractivity contribution in [1.82, 2.24) is 0 Å². The molecule has 0 fully saturated rings. The molecule has 0 saturated carbocycles. The third kappa shape index (κ3) is 48.1. The molecule has 6 heavy (non-hydrogen) atoms. The van der Waals surface area contributed by atoms with Gasteiger partial charge in [-0.1, -0.05) is 0 Å². The van der Waals surface area contributed by atoms with E-state index in [1.54, 1.807) is 0 Å². The third-order valence-electron chi connectivity index (χ3n) is 0. The molecule has 34 valence electrons. The van der Waals surface area contributed by atoms with Gasteiger partial charge in [0.25, 0.3) is 0 Å². The van der Waals surface area contributed by atoms with Gasteiger partial charge in [-0.05, 0) is 0 Å². The molecular weight excluding hydrogens is 114 g/mol. The van der Waals surface area contributed by atoms with Gasteiger partial charge in [0.05, 0.1) is 0 Å². The first-order valence-electron chi connectivity index (χ1n) is 0.775. The minimum Gasteiger partial charge on any atom is -1.00 e. The van der Waals surface area contributed by atoms with Crippen LogP contribution in [0, 0.1) is 0 Å². The molecular formula is H6BKO4. The van der Waals surface area contributed by atoms with Crippen molar-refractivity contribution in [2.24, 2.45) is 0 Å². The molecule has 0 aliphatic carbocycles. The monoisotopic (exact) mass is 120 g/mol. The van der Waals surface area contributed by atoms with Crippen molar-refractivity contribution < 1.29 is 73.4 Å². The summed E-state index contributed by atoms with van der Waals surface area (Å²) in [5, 5.41) is 21.5. The smallest absolute Gasteiger partial charge is 1.00 e. The summed E-state index contributed by atoms with van der Waals surface area (Å²) in [6.07, 6.45) is 0. The van der Waals surface area contributed by atoms with Gasteiger partial charge in [-0.25, -0.2) is 0 Å². The first-order valence-corrected chi connectivity index (χ1v) is 0.775. The van der Waals surface area contributed by atoms with Crippen LogP contribution in [0.3, 0.4) is 0 Å². The largest absolute Gasteiger partial charge is 1.00 e. The summed E-state index contributed by atoms with van der Waals surface area (Å²) in [7, 11) is -2.17. The topological polar surface area (TPSA) is 92.2 Å². The Morgan fingerprint density at radius 1 is 1.17 bits per heavy atom. The van der Waals surface area contributed by atoms with Gasteiger partial charge in [0.15, 0.2) is 0 Å². The van der Waals surface area contributed by atoms with E-state index >= 15 is 0 Å². The summed E-state index contributed by atoms with van der Waals surface area (Å²) >= 11 is 0. The third-order valence-corrected chi connectivity index (χ3v) is 0. The van der Waals surface area contributed by atoms with Crippen molar-refractivity contribution in [2.45, 2.75) is 0 Å². The summed E-state index contributed by atoms with van der Waals surface area (Å²) in [6.45, 7) is 0. The Labute approximate surface area is 79.6 Å². The van der Waals surface area contributed by atoms with Gasteiger partial charge in [0.2, 0.25) is 0 Å². The van der Waals surface area contributed by atoms with Crippen molar-refractivity contribution in [3.8, 4) is 0 Å². The molecule has 0 aromatic carbocycles. The predicted octanol–water partition coefficient (Wildman–Crippen LogP) is -5.76. The second kappa shape index (κ2) is 9.74. The van der Waals surface area contributed by atoms with Crippen LogP contribution in [0.25, 0.3) is 0 Å². The summed E-state index contributed by atoms with van der Waals surface area (Å²) in [4.78, 5) is 0. The van der Waals surface area contributed by atoms with Crippen molar-refractivity contribution in [3.05, 3.63) is 0 Å². The SMILES string of the molecule is O.OB(O)O.[H-].[K+]. The Morgan fingerprint density at radius 2 is 1.17 bits per heavy atom. The van der Waals surface area contributed by atoms with Gasteiger partial charge in [0, 0.05) is 0 Å². The molecule has 0 saturated heterocycles. The maximum atomic E-state index is 7.17. The molecule has 0 amide bonds. The van der Waals surface area contributed by atoms with Crippen LogP contribution in [0.15, 0.2) is 0 Å². The molecule has 0 unspecified atom stereocenters. The molecule has 0 aliphatic rings. The van der Waals surface area contributed by atoms with Gasteiger partial charge in [-0.2, -0.15) is 0 Å². The first kappa shape index (κ1) is 15.6. The van der Waals surface area contributed by atoms with E-state index < -0.39 is 7.32 Å². The number of hydrogen-bond acceptors (Lipinski definition) is 3. The zero-order valence-corrected chi connectivity index (χ0v) is 6.54. The molecule has 0 rings (SSSR count). The van der Waals surface area contributed by atoms with Crippen molar-refractivity contribution in [2.75, 3.05) is 0 Å². The fourth-order valence-corrected chi connectivity index (χ4v) is 0. The fourth-order valence-electron chi connectivity index (χ4n) is 0. The molecule has 0 radical (unpaired) electrons. The van der Waals surface area contributed by atoms with E-state index in [9.17, 15) is 0 Å². The molecule has 4 nitrogen and oxygen atoms in total. The molecule has 0 aromatic heterocycles. The van der Waals surface area contributed by atoms with E-state index in [0.29, 0.717) is 0 Å². The number of rotatable bonds is 0. The van der Waals surface area contributed by atoms with Crippen LogP contribution in [-0.2, 0) is 0 Å². The summed E-state index contributed by atoms with van der Waals surface area (Å²) < 4.78 is 0. The maximum Gasteiger partial charge on any atom is 1.00 e. The van der Waals surface area contributed by atoms with Crippen LogP contribution in [0.4, 0.5) is 0 Å².